The van der Waals surface area contributed by atoms with E-state index in [1.54, 1.807) is 12.1 Å². The van der Waals surface area contributed by atoms with E-state index < -0.39 is 28.9 Å². The molecule has 6 heteroatoms. The number of carbonyl (C=O) groups is 2. The van der Waals surface area contributed by atoms with Gasteiger partial charge in [0.15, 0.2) is 0 Å². The summed E-state index contributed by atoms with van der Waals surface area (Å²) in [5.74, 6) is -3.29. The highest BCUT2D eigenvalue weighted by Gasteiger charge is 2.46. The first-order valence-electron chi connectivity index (χ1n) is 10.2. The van der Waals surface area contributed by atoms with E-state index in [2.05, 4.69) is 0 Å². The Balaban J connectivity index is 1.92. The highest BCUT2D eigenvalue weighted by molar-refractivity contribution is 5.94. The van der Waals surface area contributed by atoms with Gasteiger partial charge in [-0.15, -0.1) is 0 Å². The molecule has 0 unspecified atom stereocenters. The zero-order valence-corrected chi connectivity index (χ0v) is 17.3. The molecule has 0 saturated heterocycles. The Bertz CT molecular complexity index is 1350. The van der Waals surface area contributed by atoms with Gasteiger partial charge in [-0.3, -0.25) is 9.59 Å². The fourth-order valence-electron chi connectivity index (χ4n) is 4.92. The van der Waals surface area contributed by atoms with Crippen molar-refractivity contribution in [2.75, 3.05) is 0 Å². The minimum absolute atomic E-state index is 0.233. The molecule has 4 aromatic carbocycles. The monoisotopic (exact) mass is 440 g/mol. The smallest absolute Gasteiger partial charge is 0.251 e. The second kappa shape index (κ2) is 7.38. The molecule has 0 fully saturated rings. The Hall–Kier alpha value is -4.32. The first-order chi connectivity index (χ1) is 15.9. The Morgan fingerprint density at radius 1 is 0.606 bits per heavy atom. The molecule has 4 N–H and O–H groups in total. The van der Waals surface area contributed by atoms with Crippen molar-refractivity contribution in [2.45, 2.75) is 5.41 Å². The van der Waals surface area contributed by atoms with Gasteiger partial charge in [-0.05, 0) is 57.6 Å². The summed E-state index contributed by atoms with van der Waals surface area (Å²) in [6.45, 7) is 0. The minimum atomic E-state index is -1.10. The van der Waals surface area contributed by atoms with Crippen LogP contribution in [0.4, 0.5) is 8.78 Å². The zero-order valence-electron chi connectivity index (χ0n) is 17.3. The van der Waals surface area contributed by atoms with Gasteiger partial charge in [0.25, 0.3) is 11.8 Å². The lowest BCUT2D eigenvalue weighted by atomic mass is 9.67. The Morgan fingerprint density at radius 3 is 1.36 bits per heavy atom. The van der Waals surface area contributed by atoms with E-state index >= 15 is 8.78 Å². The molecule has 4 aromatic rings. The molecule has 0 heterocycles. The van der Waals surface area contributed by atoms with Crippen molar-refractivity contribution in [3.8, 4) is 11.1 Å². The summed E-state index contributed by atoms with van der Waals surface area (Å²) in [6.07, 6.45) is 0. The van der Waals surface area contributed by atoms with Crippen LogP contribution in [0.25, 0.3) is 11.1 Å². The molecule has 0 saturated carbocycles. The van der Waals surface area contributed by atoms with Crippen LogP contribution in [-0.2, 0) is 5.41 Å². The average Bonchev–Trinajstić information content (AvgIpc) is 3.10. The SMILES string of the molecule is NC(=O)c1ccc(C2(c3ccc(C(N)=O)c(F)c3)c3ccccc3-c3ccccc32)cc1F. The number of benzene rings is 4. The second-order valence-electron chi connectivity index (χ2n) is 7.96. The highest BCUT2D eigenvalue weighted by Crippen LogP contribution is 2.56. The third kappa shape index (κ3) is 2.88. The largest absolute Gasteiger partial charge is 0.366 e. The van der Waals surface area contributed by atoms with Crippen molar-refractivity contribution in [1.29, 1.82) is 0 Å². The molecule has 2 amide bonds. The van der Waals surface area contributed by atoms with Crippen molar-refractivity contribution < 1.29 is 18.4 Å². The van der Waals surface area contributed by atoms with Crippen LogP contribution in [0.1, 0.15) is 43.0 Å². The fourth-order valence-corrected chi connectivity index (χ4v) is 4.92. The molecular formula is C27H18F2N2O2. The minimum Gasteiger partial charge on any atom is -0.366 e. The van der Waals surface area contributed by atoms with Crippen molar-refractivity contribution in [3.63, 3.8) is 0 Å². The predicted molar refractivity (Wildman–Crippen MR) is 121 cm³/mol. The van der Waals surface area contributed by atoms with E-state index in [0.717, 1.165) is 22.3 Å². The lowest BCUT2D eigenvalue weighted by Crippen LogP contribution is -2.29. The molecule has 4 nitrogen and oxygen atoms in total. The van der Waals surface area contributed by atoms with Gasteiger partial charge in [-0.25, -0.2) is 8.78 Å². The molecule has 0 atom stereocenters. The predicted octanol–water partition coefficient (Wildman–Crippen LogP) is 4.53. The van der Waals surface area contributed by atoms with Gasteiger partial charge in [0.1, 0.15) is 11.6 Å². The number of rotatable bonds is 4. The quantitative estimate of drug-likeness (QED) is 0.430. The zero-order chi connectivity index (χ0) is 23.3. The first-order valence-corrected chi connectivity index (χ1v) is 10.2. The molecule has 33 heavy (non-hydrogen) atoms. The summed E-state index contributed by atoms with van der Waals surface area (Å²) in [5, 5.41) is 0. The molecular weight excluding hydrogens is 422 g/mol. The van der Waals surface area contributed by atoms with Gasteiger partial charge < -0.3 is 11.5 Å². The molecule has 0 aliphatic heterocycles. The normalized spacial score (nSPS) is 13.3. The molecule has 0 aromatic heterocycles. The molecule has 1 aliphatic rings. The van der Waals surface area contributed by atoms with Crippen LogP contribution in [0.15, 0.2) is 84.9 Å². The maximum atomic E-state index is 15.0. The Morgan fingerprint density at radius 2 is 1.00 bits per heavy atom. The number of hydrogen-bond acceptors (Lipinski definition) is 2. The summed E-state index contributed by atoms with van der Waals surface area (Å²) in [4.78, 5) is 23.3. The molecule has 0 bridgehead atoms. The van der Waals surface area contributed by atoms with Crippen LogP contribution in [0, 0.1) is 11.6 Å². The van der Waals surface area contributed by atoms with Crippen molar-refractivity contribution in [3.05, 3.63) is 130 Å². The van der Waals surface area contributed by atoms with Crippen LogP contribution in [0.3, 0.4) is 0 Å². The fraction of sp³-hybridized carbons (Fsp3) is 0.0370. The first kappa shape index (κ1) is 20.6. The lowest BCUT2D eigenvalue weighted by molar-refractivity contribution is 0.0987. The van der Waals surface area contributed by atoms with Crippen LogP contribution < -0.4 is 11.5 Å². The molecule has 5 rings (SSSR count). The van der Waals surface area contributed by atoms with E-state index in [4.69, 9.17) is 11.5 Å². The van der Waals surface area contributed by atoms with Gasteiger partial charge in [-0.2, -0.15) is 0 Å². The van der Waals surface area contributed by atoms with Gasteiger partial charge in [0.05, 0.1) is 16.5 Å². The second-order valence-corrected chi connectivity index (χ2v) is 7.96. The van der Waals surface area contributed by atoms with Crippen LogP contribution >= 0.6 is 0 Å². The summed E-state index contributed by atoms with van der Waals surface area (Å²) in [7, 11) is 0. The van der Waals surface area contributed by atoms with Gasteiger partial charge in [0.2, 0.25) is 0 Å². The number of nitrogens with two attached hydrogens (primary N) is 2. The van der Waals surface area contributed by atoms with Gasteiger partial charge >= 0.3 is 0 Å². The Labute approximate surface area is 188 Å². The standard InChI is InChI=1S/C27H18F2N2O2/c28-23-13-15(9-11-19(23)25(30)32)27(16-10-12-20(26(31)33)24(29)14-16)21-7-3-1-5-17(21)18-6-2-4-8-22(18)27/h1-14H,(H2,30,32)(H2,31,33). The lowest BCUT2D eigenvalue weighted by Gasteiger charge is -2.34. The number of halogens is 2. The molecule has 0 radical (unpaired) electrons. The maximum absolute atomic E-state index is 15.0. The molecule has 0 spiro atoms. The summed E-state index contributed by atoms with van der Waals surface area (Å²) in [5.41, 5.74) is 13.5. The summed E-state index contributed by atoms with van der Waals surface area (Å²) < 4.78 is 30.0. The van der Waals surface area contributed by atoms with Crippen molar-refractivity contribution in [1.82, 2.24) is 0 Å². The number of amides is 2. The van der Waals surface area contributed by atoms with Gasteiger partial charge in [0, 0.05) is 0 Å². The van der Waals surface area contributed by atoms with E-state index in [0.29, 0.717) is 11.1 Å². The van der Waals surface area contributed by atoms with Crippen molar-refractivity contribution in [2.24, 2.45) is 11.5 Å². The topological polar surface area (TPSA) is 86.2 Å². The van der Waals surface area contributed by atoms with E-state index in [-0.39, 0.29) is 11.1 Å². The summed E-state index contributed by atoms with van der Waals surface area (Å²) >= 11 is 0. The number of primary amides is 2. The third-order valence-corrected chi connectivity index (χ3v) is 6.29. The number of hydrogen-bond donors (Lipinski definition) is 2. The van der Waals surface area contributed by atoms with Crippen LogP contribution in [0.5, 0.6) is 0 Å². The van der Waals surface area contributed by atoms with Gasteiger partial charge in [-0.1, -0.05) is 60.7 Å². The van der Waals surface area contributed by atoms with Crippen LogP contribution in [-0.4, -0.2) is 11.8 Å². The third-order valence-electron chi connectivity index (χ3n) is 6.29. The number of fused-ring (bicyclic) bond motifs is 3. The van der Waals surface area contributed by atoms with E-state index in [1.807, 2.05) is 48.5 Å². The van der Waals surface area contributed by atoms with E-state index in [9.17, 15) is 9.59 Å². The average molecular weight is 440 g/mol. The van der Waals surface area contributed by atoms with Crippen molar-refractivity contribution >= 4 is 11.8 Å². The molecule has 162 valence electrons. The van der Waals surface area contributed by atoms with E-state index in [1.165, 1.54) is 24.3 Å². The molecule has 1 aliphatic carbocycles. The Kier molecular flexibility index (Phi) is 4.60. The van der Waals surface area contributed by atoms with Crippen LogP contribution in [0.2, 0.25) is 0 Å². The maximum Gasteiger partial charge on any atom is 0.251 e. The summed E-state index contributed by atoms with van der Waals surface area (Å²) in [6, 6.07) is 23.7. The highest BCUT2D eigenvalue weighted by atomic mass is 19.1. The number of carbonyl (C=O) groups excluding carboxylic acids is 2.